The first kappa shape index (κ1) is 14.7. The van der Waals surface area contributed by atoms with Crippen LogP contribution in [0.3, 0.4) is 0 Å². The summed E-state index contributed by atoms with van der Waals surface area (Å²) in [5.41, 5.74) is 1.16. The van der Waals surface area contributed by atoms with Gasteiger partial charge < -0.3 is 10.1 Å². The lowest BCUT2D eigenvalue weighted by molar-refractivity contribution is -0.124. The zero-order chi connectivity index (χ0) is 15.1. The third-order valence-corrected chi connectivity index (χ3v) is 2.69. The molecule has 0 radical (unpaired) electrons. The maximum Gasteiger partial charge on any atom is 0.338 e. The van der Waals surface area contributed by atoms with Gasteiger partial charge in [-0.25, -0.2) is 14.5 Å². The lowest BCUT2D eigenvalue weighted by atomic mass is 10.2. The zero-order valence-corrected chi connectivity index (χ0v) is 11.7. The molecule has 0 saturated carbocycles. The van der Waals surface area contributed by atoms with Crippen molar-refractivity contribution in [2.75, 3.05) is 13.2 Å². The van der Waals surface area contributed by atoms with Crippen LogP contribution in [0.2, 0.25) is 0 Å². The van der Waals surface area contributed by atoms with Gasteiger partial charge in [-0.05, 0) is 30.7 Å². The van der Waals surface area contributed by atoms with E-state index < -0.39 is 5.97 Å². The van der Waals surface area contributed by atoms with Crippen LogP contribution in [-0.2, 0) is 9.53 Å². The van der Waals surface area contributed by atoms with Crippen molar-refractivity contribution in [3.63, 3.8) is 0 Å². The Balaban J connectivity index is 1.90. The summed E-state index contributed by atoms with van der Waals surface area (Å²) in [6, 6.07) is 6.68. The number of benzene rings is 1. The number of carbonyl (C=O) groups excluding carboxylic acids is 2. The van der Waals surface area contributed by atoms with E-state index in [0.29, 0.717) is 12.1 Å². The highest BCUT2D eigenvalue weighted by Crippen LogP contribution is 2.09. The van der Waals surface area contributed by atoms with Crippen molar-refractivity contribution in [2.24, 2.45) is 0 Å². The van der Waals surface area contributed by atoms with E-state index in [1.807, 2.05) is 6.92 Å². The molecule has 0 aliphatic carbocycles. The van der Waals surface area contributed by atoms with E-state index in [0.717, 1.165) is 12.1 Å². The Morgan fingerprint density at radius 1 is 1.29 bits per heavy atom. The minimum absolute atomic E-state index is 0.274. The molecule has 2 rings (SSSR count). The standard InChI is InChI=1S/C14H16N4O3/c1-2-7-16-13(19)8-21-14(20)11-3-5-12(6-4-11)18-10-15-9-17-18/h3-6,9-10H,2,7-8H2,1H3,(H,16,19). The summed E-state index contributed by atoms with van der Waals surface area (Å²) < 4.78 is 6.51. The van der Waals surface area contributed by atoms with Crippen LogP contribution in [0.4, 0.5) is 0 Å². The summed E-state index contributed by atoms with van der Waals surface area (Å²) in [5, 5.41) is 6.62. The van der Waals surface area contributed by atoms with Gasteiger partial charge in [0.25, 0.3) is 5.91 Å². The average Bonchev–Trinajstić information content (AvgIpc) is 3.05. The van der Waals surface area contributed by atoms with E-state index in [9.17, 15) is 9.59 Å². The number of nitrogens with one attached hydrogen (secondary N) is 1. The number of ether oxygens (including phenoxy) is 1. The van der Waals surface area contributed by atoms with Crippen LogP contribution in [0.15, 0.2) is 36.9 Å². The summed E-state index contributed by atoms with van der Waals surface area (Å²) in [5.74, 6) is -0.837. The Morgan fingerprint density at radius 2 is 2.05 bits per heavy atom. The number of amides is 1. The second kappa shape index (κ2) is 7.18. The van der Waals surface area contributed by atoms with Gasteiger partial charge in [-0.1, -0.05) is 6.92 Å². The Kier molecular flexibility index (Phi) is 5.03. The monoisotopic (exact) mass is 288 g/mol. The number of nitrogens with zero attached hydrogens (tertiary/aromatic N) is 3. The number of carbonyl (C=O) groups is 2. The first-order valence-corrected chi connectivity index (χ1v) is 6.59. The van der Waals surface area contributed by atoms with E-state index in [1.165, 1.54) is 6.33 Å². The van der Waals surface area contributed by atoms with Crippen molar-refractivity contribution < 1.29 is 14.3 Å². The number of hydrogen-bond acceptors (Lipinski definition) is 5. The average molecular weight is 288 g/mol. The summed E-state index contributed by atoms with van der Waals surface area (Å²) in [4.78, 5) is 27.0. The van der Waals surface area contributed by atoms with Gasteiger partial charge in [0.2, 0.25) is 0 Å². The van der Waals surface area contributed by atoms with Crippen LogP contribution in [0, 0.1) is 0 Å². The van der Waals surface area contributed by atoms with Gasteiger partial charge >= 0.3 is 5.97 Å². The lowest BCUT2D eigenvalue weighted by Gasteiger charge is -2.06. The van der Waals surface area contributed by atoms with Crippen LogP contribution < -0.4 is 5.32 Å². The van der Waals surface area contributed by atoms with Crippen molar-refractivity contribution in [1.29, 1.82) is 0 Å². The predicted molar refractivity (Wildman–Crippen MR) is 74.9 cm³/mol. The maximum atomic E-state index is 11.8. The third-order valence-electron chi connectivity index (χ3n) is 2.69. The number of rotatable bonds is 6. The van der Waals surface area contributed by atoms with Crippen molar-refractivity contribution >= 4 is 11.9 Å². The summed E-state index contributed by atoms with van der Waals surface area (Å²) in [6.07, 6.45) is 3.83. The van der Waals surface area contributed by atoms with Crippen LogP contribution >= 0.6 is 0 Å². The molecule has 0 atom stereocenters. The third kappa shape index (κ3) is 4.13. The fourth-order valence-corrected chi connectivity index (χ4v) is 1.62. The SMILES string of the molecule is CCCNC(=O)COC(=O)c1ccc(-n2cncn2)cc1. The molecule has 0 saturated heterocycles. The second-order valence-corrected chi connectivity index (χ2v) is 4.31. The van der Waals surface area contributed by atoms with Gasteiger partial charge in [-0.15, -0.1) is 0 Å². The molecule has 1 N–H and O–H groups in total. The molecule has 0 aliphatic rings. The van der Waals surface area contributed by atoms with Gasteiger partial charge in [0.15, 0.2) is 6.61 Å². The molecule has 7 heteroatoms. The molecule has 21 heavy (non-hydrogen) atoms. The van der Waals surface area contributed by atoms with Crippen molar-refractivity contribution in [3.05, 3.63) is 42.5 Å². The smallest absolute Gasteiger partial charge is 0.338 e. The van der Waals surface area contributed by atoms with Crippen molar-refractivity contribution in [1.82, 2.24) is 20.1 Å². The van der Waals surface area contributed by atoms with Crippen LogP contribution in [-0.4, -0.2) is 39.8 Å². The van der Waals surface area contributed by atoms with Gasteiger partial charge in [-0.3, -0.25) is 4.79 Å². The minimum atomic E-state index is -0.535. The molecule has 0 unspecified atom stereocenters. The molecule has 1 heterocycles. The fourth-order valence-electron chi connectivity index (χ4n) is 1.62. The first-order chi connectivity index (χ1) is 10.2. The molecule has 1 aromatic carbocycles. The molecule has 7 nitrogen and oxygen atoms in total. The Labute approximate surface area is 121 Å². The first-order valence-electron chi connectivity index (χ1n) is 6.59. The van der Waals surface area contributed by atoms with Crippen molar-refractivity contribution in [2.45, 2.75) is 13.3 Å². The molecule has 0 spiro atoms. The topological polar surface area (TPSA) is 86.1 Å². The summed E-state index contributed by atoms with van der Waals surface area (Å²) in [7, 11) is 0. The molecule has 1 aromatic heterocycles. The van der Waals surface area contributed by atoms with Crippen LogP contribution in [0.25, 0.3) is 5.69 Å². The van der Waals surface area contributed by atoms with E-state index in [2.05, 4.69) is 15.4 Å². The Hall–Kier alpha value is -2.70. The van der Waals surface area contributed by atoms with Gasteiger partial charge in [0.1, 0.15) is 12.7 Å². The number of hydrogen-bond donors (Lipinski definition) is 1. The molecule has 0 bridgehead atoms. The van der Waals surface area contributed by atoms with Crippen LogP contribution in [0.1, 0.15) is 23.7 Å². The Bertz CT molecular complexity index is 593. The quantitative estimate of drug-likeness (QED) is 0.800. The molecular weight excluding hydrogens is 272 g/mol. The lowest BCUT2D eigenvalue weighted by Crippen LogP contribution is -2.29. The van der Waals surface area contributed by atoms with E-state index in [4.69, 9.17) is 4.74 Å². The molecule has 0 fully saturated rings. The largest absolute Gasteiger partial charge is 0.452 e. The van der Waals surface area contributed by atoms with E-state index >= 15 is 0 Å². The molecule has 0 aliphatic heterocycles. The molecular formula is C14H16N4O3. The molecule has 110 valence electrons. The highest BCUT2D eigenvalue weighted by Gasteiger charge is 2.10. The highest BCUT2D eigenvalue weighted by atomic mass is 16.5. The predicted octanol–water partition coefficient (Wildman–Crippen LogP) is 0.950. The number of aromatic nitrogens is 3. The van der Waals surface area contributed by atoms with E-state index in [1.54, 1.807) is 35.3 Å². The fraction of sp³-hybridized carbons (Fsp3) is 0.286. The van der Waals surface area contributed by atoms with Crippen LogP contribution in [0.5, 0.6) is 0 Å². The van der Waals surface area contributed by atoms with Gasteiger partial charge in [0, 0.05) is 6.54 Å². The van der Waals surface area contributed by atoms with Gasteiger partial charge in [-0.2, -0.15) is 5.10 Å². The zero-order valence-electron chi connectivity index (χ0n) is 11.7. The van der Waals surface area contributed by atoms with Crippen molar-refractivity contribution in [3.8, 4) is 5.69 Å². The molecule has 2 aromatic rings. The van der Waals surface area contributed by atoms with E-state index in [-0.39, 0.29) is 12.5 Å². The number of esters is 1. The molecule has 1 amide bonds. The Morgan fingerprint density at radius 3 is 2.67 bits per heavy atom. The summed E-state index contributed by atoms with van der Waals surface area (Å²) >= 11 is 0. The normalized spacial score (nSPS) is 10.1. The second-order valence-electron chi connectivity index (χ2n) is 4.31. The van der Waals surface area contributed by atoms with Gasteiger partial charge in [0.05, 0.1) is 11.3 Å². The highest BCUT2D eigenvalue weighted by molar-refractivity contribution is 5.91. The minimum Gasteiger partial charge on any atom is -0.452 e. The summed E-state index contributed by atoms with van der Waals surface area (Å²) in [6.45, 7) is 2.25. The maximum absolute atomic E-state index is 11.8.